The van der Waals surface area contributed by atoms with Crippen LogP contribution >= 0.6 is 15.9 Å². The number of fused-ring (bicyclic) bond motifs is 1. The number of carbonyl (C=O) groups excluding carboxylic acids is 1. The fraction of sp³-hybridized carbons (Fsp3) is 0.125. The number of alkyl halides is 2. The normalized spacial score (nSPS) is 16.5. The smallest absolute Gasteiger partial charge is 0.395 e. The lowest BCUT2D eigenvalue weighted by Gasteiger charge is -2.05. The van der Waals surface area contributed by atoms with Gasteiger partial charge in [-0.3, -0.25) is 4.79 Å². The Morgan fingerprint density at radius 3 is 2.80 bits per heavy atom. The van der Waals surface area contributed by atoms with Gasteiger partial charge in [-0.1, -0.05) is 0 Å². The summed E-state index contributed by atoms with van der Waals surface area (Å²) in [6.45, 7) is 0. The zero-order valence-corrected chi connectivity index (χ0v) is 8.60. The quantitative estimate of drug-likeness (QED) is 0.850. The van der Waals surface area contributed by atoms with Gasteiger partial charge in [0.15, 0.2) is 11.5 Å². The van der Waals surface area contributed by atoms with Gasteiger partial charge < -0.3 is 15.2 Å². The first-order chi connectivity index (χ1) is 6.89. The lowest BCUT2D eigenvalue weighted by atomic mass is 10.2. The summed E-state index contributed by atoms with van der Waals surface area (Å²) >= 11 is 2.98. The van der Waals surface area contributed by atoms with E-state index in [1.54, 1.807) is 0 Å². The fourth-order valence-electron chi connectivity index (χ4n) is 1.13. The van der Waals surface area contributed by atoms with Gasteiger partial charge in [-0.15, -0.1) is 8.78 Å². The minimum Gasteiger partial charge on any atom is -0.395 e. The van der Waals surface area contributed by atoms with E-state index in [1.807, 2.05) is 0 Å². The summed E-state index contributed by atoms with van der Waals surface area (Å²) in [7, 11) is 0. The van der Waals surface area contributed by atoms with Crippen molar-refractivity contribution >= 4 is 21.8 Å². The Labute approximate surface area is 91.1 Å². The minimum absolute atomic E-state index is 0.251. The Hall–Kier alpha value is -1.37. The molecular weight excluding hydrogens is 276 g/mol. The number of primary amides is 1. The molecule has 4 nitrogen and oxygen atoms in total. The number of halogens is 3. The molecule has 1 aromatic rings. The highest BCUT2D eigenvalue weighted by Gasteiger charge is 2.45. The van der Waals surface area contributed by atoms with E-state index in [0.29, 0.717) is 0 Å². The van der Waals surface area contributed by atoms with Crippen molar-refractivity contribution in [1.29, 1.82) is 0 Å². The van der Waals surface area contributed by atoms with Crippen molar-refractivity contribution in [2.24, 2.45) is 5.73 Å². The molecular formula is C8H3BrF2NO3. The van der Waals surface area contributed by atoms with Crippen molar-refractivity contribution in [3.63, 3.8) is 0 Å². The molecule has 2 N–H and O–H groups in total. The average Bonchev–Trinajstić information content (AvgIpc) is 2.36. The van der Waals surface area contributed by atoms with E-state index >= 15 is 0 Å². The first-order valence-corrected chi connectivity index (χ1v) is 4.50. The molecule has 0 spiro atoms. The van der Waals surface area contributed by atoms with Crippen LogP contribution in [0.3, 0.4) is 0 Å². The average molecular weight is 279 g/mol. The van der Waals surface area contributed by atoms with Gasteiger partial charge in [-0.05, 0) is 22.0 Å². The van der Waals surface area contributed by atoms with Gasteiger partial charge in [0, 0.05) is 10.5 Å². The first-order valence-electron chi connectivity index (χ1n) is 3.70. The molecule has 15 heavy (non-hydrogen) atoms. The van der Waals surface area contributed by atoms with Crippen molar-refractivity contribution in [3.05, 3.63) is 22.2 Å². The molecule has 1 aliphatic heterocycles. The van der Waals surface area contributed by atoms with E-state index in [0.717, 1.165) is 0 Å². The molecule has 1 aliphatic rings. The van der Waals surface area contributed by atoms with E-state index in [4.69, 9.17) is 5.73 Å². The standard InChI is InChI=1S/C8H3BrF2NO3/c9-3-1-4(7(12)13)6-5(2-3)14-8(10,11)15-6/h2H,(H2,12,13). The van der Waals surface area contributed by atoms with Gasteiger partial charge in [0.2, 0.25) is 0 Å². The molecule has 0 saturated carbocycles. The topological polar surface area (TPSA) is 61.6 Å². The van der Waals surface area contributed by atoms with Crippen LogP contribution in [0.4, 0.5) is 8.78 Å². The van der Waals surface area contributed by atoms with Gasteiger partial charge in [-0.25, -0.2) is 0 Å². The molecule has 0 unspecified atom stereocenters. The molecule has 0 aliphatic carbocycles. The molecule has 7 heteroatoms. The maximum absolute atomic E-state index is 12.7. The summed E-state index contributed by atoms with van der Waals surface area (Å²) < 4.78 is 33.9. The Balaban J connectivity index is 2.58. The van der Waals surface area contributed by atoms with Crippen LogP contribution in [0.2, 0.25) is 0 Å². The molecule has 0 bridgehead atoms. The summed E-state index contributed by atoms with van der Waals surface area (Å²) in [5.41, 5.74) is 4.69. The number of amides is 1. The van der Waals surface area contributed by atoms with E-state index in [9.17, 15) is 13.6 Å². The summed E-state index contributed by atoms with van der Waals surface area (Å²) in [6.07, 6.45) is -3.78. The maximum atomic E-state index is 12.7. The Morgan fingerprint density at radius 2 is 2.20 bits per heavy atom. The Kier molecular flexibility index (Phi) is 2.07. The lowest BCUT2D eigenvalue weighted by molar-refractivity contribution is -0.286. The Bertz CT molecular complexity index is 450. The predicted molar refractivity (Wildman–Crippen MR) is 47.7 cm³/mol. The van der Waals surface area contributed by atoms with Gasteiger partial charge in [0.05, 0.1) is 5.56 Å². The van der Waals surface area contributed by atoms with Crippen LogP contribution in [0.15, 0.2) is 10.5 Å². The molecule has 1 amide bonds. The molecule has 79 valence electrons. The monoisotopic (exact) mass is 278 g/mol. The number of rotatable bonds is 1. The van der Waals surface area contributed by atoms with Crippen molar-refractivity contribution < 1.29 is 23.0 Å². The van der Waals surface area contributed by atoms with Gasteiger partial charge in [-0.2, -0.15) is 0 Å². The number of ether oxygens (including phenoxy) is 2. The number of hydrogen-bond donors (Lipinski definition) is 1. The molecule has 2 rings (SSSR count). The highest BCUT2D eigenvalue weighted by Crippen LogP contribution is 2.44. The second-order valence-electron chi connectivity index (χ2n) is 2.72. The lowest BCUT2D eigenvalue weighted by Crippen LogP contribution is -2.26. The zero-order valence-electron chi connectivity index (χ0n) is 7.01. The molecule has 0 aromatic heterocycles. The summed E-state index contributed by atoms with van der Waals surface area (Å²) in [5, 5.41) is 0. The van der Waals surface area contributed by atoms with Crippen molar-refractivity contribution in [2.45, 2.75) is 6.29 Å². The van der Waals surface area contributed by atoms with Crippen LogP contribution in [0, 0.1) is 6.07 Å². The van der Waals surface area contributed by atoms with Crippen LogP contribution in [-0.2, 0) is 0 Å². The van der Waals surface area contributed by atoms with E-state index < -0.39 is 18.0 Å². The number of nitrogens with two attached hydrogens (primary N) is 1. The van der Waals surface area contributed by atoms with E-state index in [2.05, 4.69) is 31.5 Å². The van der Waals surface area contributed by atoms with Crippen molar-refractivity contribution in [1.82, 2.24) is 0 Å². The Morgan fingerprint density at radius 1 is 1.53 bits per heavy atom. The van der Waals surface area contributed by atoms with E-state index in [-0.39, 0.29) is 15.8 Å². The third kappa shape index (κ3) is 1.74. The third-order valence-corrected chi connectivity index (χ3v) is 2.08. The van der Waals surface area contributed by atoms with Gasteiger partial charge in [0.1, 0.15) is 0 Å². The molecule has 0 fully saturated rings. The van der Waals surface area contributed by atoms with Gasteiger partial charge >= 0.3 is 6.29 Å². The predicted octanol–water partition coefficient (Wildman–Crippen LogP) is 1.67. The SMILES string of the molecule is NC(=O)c1[c]c(Br)cc2c1OC(F)(F)O2. The van der Waals surface area contributed by atoms with E-state index in [1.165, 1.54) is 6.07 Å². The number of benzene rings is 1. The van der Waals surface area contributed by atoms with Crippen LogP contribution < -0.4 is 15.2 Å². The van der Waals surface area contributed by atoms with Crippen LogP contribution in [0.5, 0.6) is 11.5 Å². The molecule has 1 aromatic carbocycles. The highest BCUT2D eigenvalue weighted by atomic mass is 79.9. The first kappa shape index (κ1) is 10.2. The molecule has 0 saturated heterocycles. The minimum atomic E-state index is -3.78. The molecule has 0 atom stereocenters. The second kappa shape index (κ2) is 3.06. The number of carbonyl (C=O) groups is 1. The molecule has 1 heterocycles. The zero-order chi connectivity index (χ0) is 11.2. The van der Waals surface area contributed by atoms with Crippen LogP contribution in [-0.4, -0.2) is 12.2 Å². The third-order valence-electron chi connectivity index (χ3n) is 1.65. The van der Waals surface area contributed by atoms with Crippen LogP contribution in [0.1, 0.15) is 10.4 Å². The second-order valence-corrected chi connectivity index (χ2v) is 3.57. The summed E-state index contributed by atoms with van der Waals surface area (Å²) in [6, 6.07) is 3.66. The summed E-state index contributed by atoms with van der Waals surface area (Å²) in [5.74, 6) is -1.57. The fourth-order valence-corrected chi connectivity index (χ4v) is 1.54. The highest BCUT2D eigenvalue weighted by molar-refractivity contribution is 9.10. The van der Waals surface area contributed by atoms with Crippen molar-refractivity contribution in [2.75, 3.05) is 0 Å². The van der Waals surface area contributed by atoms with Crippen molar-refractivity contribution in [3.8, 4) is 11.5 Å². The van der Waals surface area contributed by atoms with Crippen LogP contribution in [0.25, 0.3) is 0 Å². The largest absolute Gasteiger partial charge is 0.586 e. The molecule has 1 radical (unpaired) electrons. The number of hydrogen-bond acceptors (Lipinski definition) is 3. The van der Waals surface area contributed by atoms with Gasteiger partial charge in [0.25, 0.3) is 5.91 Å². The summed E-state index contributed by atoms with van der Waals surface area (Å²) in [4.78, 5) is 10.9. The maximum Gasteiger partial charge on any atom is 0.586 e.